The average Bonchev–Trinajstić information content (AvgIpc) is 2.39. The summed E-state index contributed by atoms with van der Waals surface area (Å²) in [6.45, 7) is 0. The van der Waals surface area contributed by atoms with Gasteiger partial charge in [0.05, 0.1) is 14.0 Å². The molecule has 0 saturated carbocycles. The molecular formula is C9H9N2O3+. The number of pyridine rings is 1. The van der Waals surface area contributed by atoms with Crippen LogP contribution in [0.5, 0.6) is 0 Å². The van der Waals surface area contributed by atoms with Gasteiger partial charge >= 0.3 is 11.9 Å². The Labute approximate surface area is 81.4 Å². The van der Waals surface area contributed by atoms with Crippen molar-refractivity contribution in [1.82, 2.24) is 0 Å². The van der Waals surface area contributed by atoms with E-state index in [1.165, 1.54) is 10.8 Å². The van der Waals surface area contributed by atoms with Gasteiger partial charge in [0, 0.05) is 6.07 Å². The van der Waals surface area contributed by atoms with Crippen LogP contribution in [-0.2, 0) is 9.59 Å². The molecule has 72 valence electrons. The number of aliphatic carboxylic acids is 1. The van der Waals surface area contributed by atoms with Crippen LogP contribution in [0, 0.1) is 0 Å². The molecule has 0 aliphatic carbocycles. The Balaban J connectivity index is 2.49. The van der Waals surface area contributed by atoms with E-state index in [2.05, 4.69) is 5.32 Å². The zero-order valence-electron chi connectivity index (χ0n) is 8.23. The van der Waals surface area contributed by atoms with Crippen LogP contribution in [0.3, 0.4) is 0 Å². The zero-order valence-corrected chi connectivity index (χ0v) is 7.23. The number of amides is 1. The minimum atomic E-state index is -1.78. The van der Waals surface area contributed by atoms with Crippen molar-refractivity contribution in [1.29, 1.82) is 0 Å². The van der Waals surface area contributed by atoms with E-state index < -0.39 is 24.3 Å². The monoisotopic (exact) mass is 194 g/mol. The standard InChI is InChI=1S/C9H8N2O3/c12-8(13)5-6-9(14)10-7-3-1-2-4-11(6)7/h1-4,6H,5H2,(H,12,13)/p+1/i6D. The van der Waals surface area contributed by atoms with E-state index in [0.29, 0.717) is 5.82 Å². The number of carbonyl (C=O) groups is 2. The molecule has 1 unspecified atom stereocenters. The van der Waals surface area contributed by atoms with Crippen LogP contribution in [0.1, 0.15) is 13.8 Å². The first-order valence-corrected chi connectivity index (χ1v) is 4.08. The lowest BCUT2D eigenvalue weighted by molar-refractivity contribution is -0.687. The topological polar surface area (TPSA) is 70.3 Å². The van der Waals surface area contributed by atoms with Crippen molar-refractivity contribution in [3.63, 3.8) is 0 Å². The second-order valence-electron chi connectivity index (χ2n) is 2.93. The fourth-order valence-electron chi connectivity index (χ4n) is 1.39. The summed E-state index contributed by atoms with van der Waals surface area (Å²) in [5.74, 6) is -1.35. The molecule has 0 fully saturated rings. The van der Waals surface area contributed by atoms with Gasteiger partial charge in [0.1, 0.15) is 0 Å². The number of nitrogens with zero attached hydrogens (tertiary/aromatic N) is 1. The molecule has 1 aliphatic heterocycles. The maximum Gasteiger partial charge on any atom is 0.353 e. The number of nitrogens with one attached hydrogen (secondary N) is 1. The molecule has 2 heterocycles. The number of aromatic nitrogens is 1. The smallest absolute Gasteiger partial charge is 0.353 e. The second-order valence-corrected chi connectivity index (χ2v) is 2.93. The third-order valence-electron chi connectivity index (χ3n) is 1.97. The van der Waals surface area contributed by atoms with Crippen molar-refractivity contribution < 1.29 is 20.6 Å². The first-order valence-electron chi connectivity index (χ1n) is 4.58. The van der Waals surface area contributed by atoms with E-state index in [0.717, 1.165) is 0 Å². The highest BCUT2D eigenvalue weighted by molar-refractivity contribution is 5.95. The van der Waals surface area contributed by atoms with Crippen LogP contribution >= 0.6 is 0 Å². The SMILES string of the molecule is [2H]C1(CC(=O)O)C(=O)Nc2cccc[n+]21. The normalized spacial score (nSPS) is 25.1. The van der Waals surface area contributed by atoms with Gasteiger partial charge in [-0.25, -0.2) is 14.7 Å². The molecule has 0 saturated heterocycles. The van der Waals surface area contributed by atoms with Gasteiger partial charge in [-0.05, 0) is 6.07 Å². The molecule has 2 N–H and O–H groups in total. The van der Waals surface area contributed by atoms with Gasteiger partial charge in [0.25, 0.3) is 5.82 Å². The number of carboxylic acid groups (broad SMARTS) is 1. The highest BCUT2D eigenvalue weighted by Crippen LogP contribution is 2.16. The van der Waals surface area contributed by atoms with Crippen molar-refractivity contribution in [3.05, 3.63) is 24.4 Å². The molecule has 1 amide bonds. The van der Waals surface area contributed by atoms with Gasteiger partial charge in [0.2, 0.25) is 6.02 Å². The Hall–Kier alpha value is -1.91. The molecule has 5 nitrogen and oxygen atoms in total. The van der Waals surface area contributed by atoms with E-state index in [-0.39, 0.29) is 0 Å². The van der Waals surface area contributed by atoms with Crippen LogP contribution in [0.4, 0.5) is 5.82 Å². The van der Waals surface area contributed by atoms with Crippen LogP contribution in [0.15, 0.2) is 24.4 Å². The lowest BCUT2D eigenvalue weighted by atomic mass is 10.2. The largest absolute Gasteiger partial charge is 0.481 e. The Morgan fingerprint density at radius 1 is 1.71 bits per heavy atom. The van der Waals surface area contributed by atoms with E-state index in [4.69, 9.17) is 6.48 Å². The molecule has 0 bridgehead atoms. The van der Waals surface area contributed by atoms with Crippen LogP contribution in [0.25, 0.3) is 0 Å². The summed E-state index contributed by atoms with van der Waals surface area (Å²) >= 11 is 0. The summed E-state index contributed by atoms with van der Waals surface area (Å²) in [7, 11) is 0. The molecule has 1 aromatic rings. The zero-order chi connectivity index (χ0) is 11.1. The minimum Gasteiger partial charge on any atom is -0.481 e. The average molecular weight is 194 g/mol. The number of hydrogen-bond donors (Lipinski definition) is 2. The van der Waals surface area contributed by atoms with Crippen molar-refractivity contribution >= 4 is 17.7 Å². The number of carbonyl (C=O) groups excluding carboxylic acids is 1. The number of rotatable bonds is 2. The number of anilines is 1. The molecule has 1 aliphatic rings. The van der Waals surface area contributed by atoms with E-state index >= 15 is 0 Å². The molecule has 2 rings (SSSR count). The molecule has 14 heavy (non-hydrogen) atoms. The predicted molar refractivity (Wildman–Crippen MR) is 46.6 cm³/mol. The maximum atomic E-state index is 11.5. The van der Waals surface area contributed by atoms with E-state index in [9.17, 15) is 9.59 Å². The Morgan fingerprint density at radius 3 is 3.21 bits per heavy atom. The molecule has 0 aromatic carbocycles. The lowest BCUT2D eigenvalue weighted by Gasteiger charge is -2.00. The van der Waals surface area contributed by atoms with Gasteiger partial charge < -0.3 is 5.11 Å². The van der Waals surface area contributed by atoms with Crippen molar-refractivity contribution in [2.45, 2.75) is 12.4 Å². The Bertz CT molecular complexity index is 449. The van der Waals surface area contributed by atoms with Crippen LogP contribution < -0.4 is 9.88 Å². The van der Waals surface area contributed by atoms with Crippen molar-refractivity contribution in [2.24, 2.45) is 0 Å². The van der Waals surface area contributed by atoms with Gasteiger partial charge in [0.15, 0.2) is 0 Å². The summed E-state index contributed by atoms with van der Waals surface area (Å²) in [5.41, 5.74) is 0. The Morgan fingerprint density at radius 2 is 2.50 bits per heavy atom. The second kappa shape index (κ2) is 3.10. The van der Waals surface area contributed by atoms with E-state index in [1.807, 2.05) is 0 Å². The minimum absolute atomic E-state index is 0.443. The summed E-state index contributed by atoms with van der Waals surface area (Å²) < 4.78 is 9.19. The molecule has 0 spiro atoms. The van der Waals surface area contributed by atoms with Crippen molar-refractivity contribution in [2.75, 3.05) is 5.32 Å². The highest BCUT2D eigenvalue weighted by atomic mass is 16.4. The molecule has 0 radical (unpaired) electrons. The summed E-state index contributed by atoms with van der Waals surface area (Å²) in [6.07, 6.45) is 0.962. The highest BCUT2D eigenvalue weighted by Gasteiger charge is 2.38. The van der Waals surface area contributed by atoms with Crippen LogP contribution in [-0.4, -0.2) is 17.0 Å². The van der Waals surface area contributed by atoms with E-state index in [1.54, 1.807) is 18.2 Å². The molecule has 1 aromatic heterocycles. The maximum absolute atomic E-state index is 11.5. The first-order chi connectivity index (χ1) is 7.04. The van der Waals surface area contributed by atoms with Gasteiger partial charge in [-0.15, -0.1) is 0 Å². The summed E-state index contributed by atoms with van der Waals surface area (Å²) in [4.78, 5) is 22.1. The van der Waals surface area contributed by atoms with Gasteiger partial charge in [-0.2, -0.15) is 0 Å². The number of hydrogen-bond acceptors (Lipinski definition) is 2. The third kappa shape index (κ3) is 1.32. The van der Waals surface area contributed by atoms with Crippen LogP contribution in [0.2, 0.25) is 0 Å². The third-order valence-corrected chi connectivity index (χ3v) is 1.97. The molecular weight excluding hydrogens is 184 g/mol. The van der Waals surface area contributed by atoms with Crippen molar-refractivity contribution in [3.8, 4) is 0 Å². The quantitative estimate of drug-likeness (QED) is 0.648. The summed E-state index contributed by atoms with van der Waals surface area (Å²) in [6, 6.07) is 3.20. The number of carboxylic acids is 1. The number of fused-ring (bicyclic) bond motifs is 1. The fourth-order valence-corrected chi connectivity index (χ4v) is 1.39. The molecule has 5 heteroatoms. The Kier molecular flexibility index (Phi) is 1.66. The van der Waals surface area contributed by atoms with Gasteiger partial charge in [-0.1, -0.05) is 6.07 Å². The summed E-state index contributed by atoms with van der Waals surface area (Å²) in [5, 5.41) is 11.1. The fraction of sp³-hybridized carbons (Fsp3) is 0.222. The first kappa shape index (κ1) is 7.49. The predicted octanol–water partition coefficient (Wildman–Crippen LogP) is -0.0580. The molecule has 1 atom stereocenters. The lowest BCUT2D eigenvalue weighted by Crippen LogP contribution is -2.39. The van der Waals surface area contributed by atoms with Gasteiger partial charge in [-0.3, -0.25) is 4.79 Å².